The molecule has 60 heavy (non-hydrogen) atoms. The summed E-state index contributed by atoms with van der Waals surface area (Å²) in [5.41, 5.74) is 0. The fourth-order valence-electron chi connectivity index (χ4n) is 7.03. The highest BCUT2D eigenvalue weighted by Gasteiger charge is 2.35. The Morgan fingerprint density at radius 1 is 0.467 bits per heavy atom. The van der Waals surface area contributed by atoms with Crippen molar-refractivity contribution in [1.29, 1.82) is 0 Å². The van der Waals surface area contributed by atoms with E-state index in [-0.39, 0.29) is 77.0 Å². The van der Waals surface area contributed by atoms with E-state index >= 15 is 0 Å². The van der Waals surface area contributed by atoms with E-state index in [0.717, 1.165) is 51.4 Å². The number of esters is 4. The van der Waals surface area contributed by atoms with Gasteiger partial charge in [-0.15, -0.1) is 13.2 Å². The van der Waals surface area contributed by atoms with Crippen molar-refractivity contribution < 1.29 is 66.5 Å². The van der Waals surface area contributed by atoms with Crippen LogP contribution >= 0.6 is 0 Å². The highest BCUT2D eigenvalue weighted by molar-refractivity contribution is 5.72. The van der Waals surface area contributed by atoms with Crippen LogP contribution in [0.15, 0.2) is 50.6 Å². The van der Waals surface area contributed by atoms with Gasteiger partial charge in [0.25, 0.3) is 0 Å². The van der Waals surface area contributed by atoms with E-state index in [9.17, 15) is 19.2 Å². The first kappa shape index (κ1) is 54.6. The second kappa shape index (κ2) is 35.2. The maximum Gasteiger partial charge on any atom is 0.332 e. The molecule has 14 nitrogen and oxygen atoms in total. The van der Waals surface area contributed by atoms with Gasteiger partial charge in [-0.2, -0.15) is 0 Å². The minimum atomic E-state index is -0.474. The lowest BCUT2D eigenvalue weighted by Crippen LogP contribution is -2.25. The molecule has 0 aliphatic heterocycles. The summed E-state index contributed by atoms with van der Waals surface area (Å²) in [4.78, 5) is 47.1. The molecule has 2 aliphatic carbocycles. The SMILES string of the molecule is C=CCC(C=C)OC(=O)COCCOCCOCC(=O)OC(C=C)CC=C.CCC1CC(CC)C(OC(=O)COCCOCCOCC(=O)OC2CC(CC)CC2CC)C1. The standard InChI is InChI=1S/C26H46O7.C20H30O7/c1-5-19-13-21(7-3)23(15-19)32-25(27)17-30-11-9-29-10-12-31-18-26(28)33-24-16-20(6-2)14-22(24)8-4;1-5-9-17(7-3)26-19(21)15-24-13-11-23-12-14-25-16-20(22)27-18(8-4)10-6-2/h19-24H,5-18H2,1-4H3;5-8,17-18H,1-4,9-16H2. The molecule has 8 unspecified atom stereocenters. The second-order valence-corrected chi connectivity index (χ2v) is 14.9. The molecule has 14 heteroatoms. The van der Waals surface area contributed by atoms with Crippen molar-refractivity contribution in [2.24, 2.45) is 23.7 Å². The predicted octanol–water partition coefficient (Wildman–Crippen LogP) is 6.94. The van der Waals surface area contributed by atoms with E-state index in [1.165, 1.54) is 12.2 Å². The summed E-state index contributed by atoms with van der Waals surface area (Å²) in [7, 11) is 0. The van der Waals surface area contributed by atoms with Crippen molar-refractivity contribution in [3.63, 3.8) is 0 Å². The van der Waals surface area contributed by atoms with E-state index in [4.69, 9.17) is 47.4 Å². The zero-order valence-electron chi connectivity index (χ0n) is 37.0. The van der Waals surface area contributed by atoms with Crippen LogP contribution in [0, 0.1) is 23.7 Å². The molecule has 0 radical (unpaired) electrons. The number of hydrogen-bond donors (Lipinski definition) is 0. The van der Waals surface area contributed by atoms with Crippen LogP contribution in [0.5, 0.6) is 0 Å². The maximum absolute atomic E-state index is 12.0. The maximum atomic E-state index is 12.0. The molecule has 0 heterocycles. The van der Waals surface area contributed by atoms with Gasteiger partial charge in [0.2, 0.25) is 0 Å². The number of carbonyl (C=O) groups is 4. The Labute approximate surface area is 359 Å². The van der Waals surface area contributed by atoms with Crippen LogP contribution in [0.25, 0.3) is 0 Å². The Balaban J connectivity index is 0.000000614. The van der Waals surface area contributed by atoms with Crippen molar-refractivity contribution in [3.05, 3.63) is 50.6 Å². The van der Waals surface area contributed by atoms with Gasteiger partial charge in [0.15, 0.2) is 0 Å². The molecule has 0 saturated heterocycles. The van der Waals surface area contributed by atoms with Crippen molar-refractivity contribution >= 4 is 23.9 Å². The highest BCUT2D eigenvalue weighted by Crippen LogP contribution is 2.38. The molecule has 0 N–H and O–H groups in total. The fourth-order valence-corrected chi connectivity index (χ4v) is 7.03. The molecule has 0 bridgehead atoms. The third kappa shape index (κ3) is 25.4. The molecule has 2 fully saturated rings. The van der Waals surface area contributed by atoms with Gasteiger partial charge in [-0.25, -0.2) is 19.2 Å². The Hall–Kier alpha value is -3.40. The summed E-state index contributed by atoms with van der Waals surface area (Å²) in [6.07, 6.45) is 15.3. The molecule has 0 aromatic heterocycles. The molecule has 0 aromatic rings. The largest absolute Gasteiger partial charge is 0.460 e. The first-order valence-corrected chi connectivity index (χ1v) is 21.8. The van der Waals surface area contributed by atoms with Crippen LogP contribution in [0.1, 0.15) is 91.9 Å². The topological polar surface area (TPSA) is 161 Å². The molecule has 2 saturated carbocycles. The summed E-state index contributed by atoms with van der Waals surface area (Å²) >= 11 is 0. The molecule has 0 amide bonds. The van der Waals surface area contributed by atoms with Crippen LogP contribution in [0.4, 0.5) is 0 Å². The van der Waals surface area contributed by atoms with Gasteiger partial charge in [-0.3, -0.25) is 0 Å². The lowest BCUT2D eigenvalue weighted by atomic mass is 10.0. The lowest BCUT2D eigenvalue weighted by Gasteiger charge is -2.18. The van der Waals surface area contributed by atoms with E-state index in [2.05, 4.69) is 54.0 Å². The number of hydrogen-bond acceptors (Lipinski definition) is 14. The molecule has 344 valence electrons. The zero-order chi connectivity index (χ0) is 44.4. The lowest BCUT2D eigenvalue weighted by molar-refractivity contribution is -0.157. The number of rotatable bonds is 34. The molecule has 8 atom stereocenters. The van der Waals surface area contributed by atoms with E-state index < -0.39 is 24.1 Å². The minimum Gasteiger partial charge on any atom is -0.460 e. The fraction of sp³-hybridized carbons (Fsp3) is 0.739. The van der Waals surface area contributed by atoms with Crippen molar-refractivity contribution in [1.82, 2.24) is 0 Å². The van der Waals surface area contributed by atoms with Crippen molar-refractivity contribution in [3.8, 4) is 0 Å². The average molecular weight is 853 g/mol. The Morgan fingerprint density at radius 3 is 1.07 bits per heavy atom. The van der Waals surface area contributed by atoms with E-state index in [1.807, 2.05) is 0 Å². The molecular weight excluding hydrogens is 776 g/mol. The van der Waals surface area contributed by atoms with Gasteiger partial charge in [-0.1, -0.05) is 78.0 Å². The monoisotopic (exact) mass is 853 g/mol. The second-order valence-electron chi connectivity index (χ2n) is 14.9. The molecular formula is C46H76O14. The van der Waals surface area contributed by atoms with E-state index in [1.54, 1.807) is 12.2 Å². The van der Waals surface area contributed by atoms with Gasteiger partial charge < -0.3 is 47.4 Å². The summed E-state index contributed by atoms with van der Waals surface area (Å²) in [5, 5.41) is 0. The van der Waals surface area contributed by atoms with Gasteiger partial charge in [0.05, 0.1) is 52.9 Å². The van der Waals surface area contributed by atoms with Gasteiger partial charge in [0.1, 0.15) is 50.8 Å². The van der Waals surface area contributed by atoms with Crippen LogP contribution in [0.2, 0.25) is 0 Å². The summed E-state index contributed by atoms with van der Waals surface area (Å²) in [6, 6.07) is 0. The first-order chi connectivity index (χ1) is 29.1. The van der Waals surface area contributed by atoms with Crippen molar-refractivity contribution in [2.45, 2.75) is 116 Å². The number of ether oxygens (including phenoxy) is 10. The van der Waals surface area contributed by atoms with E-state index in [0.29, 0.717) is 62.9 Å². The average Bonchev–Trinajstić information content (AvgIpc) is 3.84. The smallest absolute Gasteiger partial charge is 0.332 e. The highest BCUT2D eigenvalue weighted by atomic mass is 16.6. The van der Waals surface area contributed by atoms with Gasteiger partial charge in [0, 0.05) is 12.8 Å². The third-order valence-electron chi connectivity index (χ3n) is 10.5. The van der Waals surface area contributed by atoms with Crippen molar-refractivity contribution in [2.75, 3.05) is 79.3 Å². The quantitative estimate of drug-likeness (QED) is 0.0284. The third-order valence-corrected chi connectivity index (χ3v) is 10.5. The van der Waals surface area contributed by atoms with Gasteiger partial charge in [-0.05, 0) is 62.2 Å². The summed E-state index contributed by atoms with van der Waals surface area (Å²) in [5.74, 6) is 0.726. The molecule has 0 spiro atoms. The van der Waals surface area contributed by atoms with Crippen LogP contribution < -0.4 is 0 Å². The summed E-state index contributed by atoms with van der Waals surface area (Å²) < 4.78 is 53.2. The predicted molar refractivity (Wildman–Crippen MR) is 228 cm³/mol. The van der Waals surface area contributed by atoms with Crippen LogP contribution in [0.3, 0.4) is 0 Å². The van der Waals surface area contributed by atoms with Crippen LogP contribution in [-0.2, 0) is 66.5 Å². The summed E-state index contributed by atoms with van der Waals surface area (Å²) in [6.45, 7) is 25.0. The minimum absolute atomic E-state index is 0.0331. The Bertz CT molecular complexity index is 1130. The molecule has 0 aromatic carbocycles. The Kier molecular flexibility index (Phi) is 32.1. The Morgan fingerprint density at radius 2 is 0.783 bits per heavy atom. The number of carbonyl (C=O) groups excluding carboxylic acids is 4. The molecule has 2 rings (SSSR count). The van der Waals surface area contributed by atoms with Gasteiger partial charge >= 0.3 is 23.9 Å². The first-order valence-electron chi connectivity index (χ1n) is 21.8. The zero-order valence-corrected chi connectivity index (χ0v) is 37.0. The normalized spacial score (nSPS) is 21.7. The molecule has 2 aliphatic rings. The van der Waals surface area contributed by atoms with Crippen LogP contribution in [-0.4, -0.2) is 128 Å².